The van der Waals surface area contributed by atoms with Crippen LogP contribution in [0.3, 0.4) is 0 Å². The monoisotopic (exact) mass is 274 g/mol. The van der Waals surface area contributed by atoms with Crippen molar-refractivity contribution in [3.05, 3.63) is 47.0 Å². The number of benzene rings is 1. The minimum absolute atomic E-state index is 0.0306. The van der Waals surface area contributed by atoms with E-state index < -0.39 is 0 Å². The van der Waals surface area contributed by atoms with E-state index in [4.69, 9.17) is 15.7 Å². The van der Waals surface area contributed by atoms with Gasteiger partial charge in [-0.3, -0.25) is 0 Å². The number of imidazole rings is 1. The fourth-order valence-corrected chi connectivity index (χ4v) is 2.00. The number of ether oxygens (including phenoxy) is 1. The predicted molar refractivity (Wildman–Crippen MR) is 76.3 cm³/mol. The van der Waals surface area contributed by atoms with Crippen LogP contribution in [-0.2, 0) is 6.54 Å². The van der Waals surface area contributed by atoms with E-state index >= 15 is 0 Å². The molecular formula is C14H18N4O2. The van der Waals surface area contributed by atoms with Gasteiger partial charge in [-0.05, 0) is 31.5 Å². The van der Waals surface area contributed by atoms with Crippen molar-refractivity contribution in [1.29, 1.82) is 0 Å². The molecule has 6 heteroatoms. The molecule has 0 atom stereocenters. The number of methoxy groups -OCH3 is 1. The Bertz CT molecular complexity index is 647. The van der Waals surface area contributed by atoms with Crippen LogP contribution in [0.2, 0.25) is 0 Å². The largest absolute Gasteiger partial charge is 0.496 e. The van der Waals surface area contributed by atoms with Gasteiger partial charge in [0.1, 0.15) is 5.75 Å². The van der Waals surface area contributed by atoms with E-state index in [1.54, 1.807) is 13.2 Å². The van der Waals surface area contributed by atoms with Crippen molar-refractivity contribution in [3.8, 4) is 5.75 Å². The van der Waals surface area contributed by atoms with Gasteiger partial charge in [-0.2, -0.15) is 0 Å². The first-order valence-corrected chi connectivity index (χ1v) is 6.20. The topological polar surface area (TPSA) is 85.7 Å². The Morgan fingerprint density at radius 2 is 2.20 bits per heavy atom. The molecule has 0 spiro atoms. The molecule has 2 aromatic rings. The maximum Gasteiger partial charge on any atom is 0.173 e. The molecule has 1 heterocycles. The fraction of sp³-hybridized carbons (Fsp3) is 0.286. The third kappa shape index (κ3) is 2.59. The first kappa shape index (κ1) is 13.9. The normalized spacial score (nSPS) is 11.7. The highest BCUT2D eigenvalue weighted by atomic mass is 16.5. The van der Waals surface area contributed by atoms with Crippen LogP contribution in [0, 0.1) is 13.8 Å². The van der Waals surface area contributed by atoms with Crippen LogP contribution in [-0.4, -0.2) is 27.7 Å². The van der Waals surface area contributed by atoms with Crippen LogP contribution < -0.4 is 10.5 Å². The zero-order valence-electron chi connectivity index (χ0n) is 11.8. The molecule has 0 unspecified atom stereocenters. The first-order valence-electron chi connectivity index (χ1n) is 6.20. The van der Waals surface area contributed by atoms with Crippen molar-refractivity contribution in [2.75, 3.05) is 7.11 Å². The number of hydrogen-bond acceptors (Lipinski definition) is 4. The second-order valence-electron chi connectivity index (χ2n) is 4.56. The van der Waals surface area contributed by atoms with Crippen molar-refractivity contribution < 1.29 is 9.94 Å². The molecule has 0 aliphatic carbocycles. The molecule has 0 aliphatic heterocycles. The zero-order chi connectivity index (χ0) is 14.7. The van der Waals surface area contributed by atoms with Crippen molar-refractivity contribution in [2.24, 2.45) is 10.9 Å². The minimum atomic E-state index is 0.0306. The summed E-state index contributed by atoms with van der Waals surface area (Å²) in [7, 11) is 1.56. The molecule has 6 nitrogen and oxygen atoms in total. The number of hydrogen-bond donors (Lipinski definition) is 2. The second kappa shape index (κ2) is 5.64. The molecule has 0 fully saturated rings. The summed E-state index contributed by atoms with van der Waals surface area (Å²) in [6.45, 7) is 4.71. The Hall–Kier alpha value is -2.50. The SMILES string of the molecule is COc1cc(Cn2cnc(C)c2C)ccc1/C(N)=N/O. The van der Waals surface area contributed by atoms with Gasteiger partial charge in [0.15, 0.2) is 5.84 Å². The minimum Gasteiger partial charge on any atom is -0.496 e. The number of aromatic nitrogens is 2. The highest BCUT2D eigenvalue weighted by molar-refractivity contribution is 5.99. The number of amidine groups is 1. The first-order chi connectivity index (χ1) is 9.56. The summed E-state index contributed by atoms with van der Waals surface area (Å²) in [5.41, 5.74) is 9.37. The van der Waals surface area contributed by atoms with Crippen LogP contribution in [0.15, 0.2) is 29.7 Å². The third-order valence-electron chi connectivity index (χ3n) is 3.35. The van der Waals surface area contributed by atoms with Crippen LogP contribution in [0.4, 0.5) is 0 Å². The van der Waals surface area contributed by atoms with Gasteiger partial charge in [0.05, 0.1) is 24.7 Å². The number of nitrogens with two attached hydrogens (primary N) is 1. The van der Waals surface area contributed by atoms with Gasteiger partial charge >= 0.3 is 0 Å². The van der Waals surface area contributed by atoms with Crippen molar-refractivity contribution in [1.82, 2.24) is 9.55 Å². The van der Waals surface area contributed by atoms with E-state index in [-0.39, 0.29) is 5.84 Å². The smallest absolute Gasteiger partial charge is 0.173 e. The molecule has 0 radical (unpaired) electrons. The molecule has 20 heavy (non-hydrogen) atoms. The Labute approximate surface area is 117 Å². The quantitative estimate of drug-likeness (QED) is 0.384. The molecule has 0 amide bonds. The molecule has 3 N–H and O–H groups in total. The Kier molecular flexibility index (Phi) is 3.93. The molecule has 2 rings (SSSR count). The summed E-state index contributed by atoms with van der Waals surface area (Å²) in [5, 5.41) is 11.7. The van der Waals surface area contributed by atoms with E-state index in [2.05, 4.69) is 14.7 Å². The number of oxime groups is 1. The summed E-state index contributed by atoms with van der Waals surface area (Å²) in [6, 6.07) is 5.58. The fourth-order valence-electron chi connectivity index (χ4n) is 2.00. The van der Waals surface area contributed by atoms with Crippen molar-refractivity contribution in [3.63, 3.8) is 0 Å². The van der Waals surface area contributed by atoms with Crippen molar-refractivity contribution in [2.45, 2.75) is 20.4 Å². The van der Waals surface area contributed by atoms with Crippen LogP contribution in [0.1, 0.15) is 22.5 Å². The summed E-state index contributed by atoms with van der Waals surface area (Å²) in [5.74, 6) is 0.607. The van der Waals surface area contributed by atoms with Gasteiger partial charge in [0.25, 0.3) is 0 Å². The van der Waals surface area contributed by atoms with Gasteiger partial charge in [0, 0.05) is 12.2 Å². The van der Waals surface area contributed by atoms with Gasteiger partial charge in [-0.15, -0.1) is 0 Å². The number of rotatable bonds is 4. The predicted octanol–water partition coefficient (Wildman–Crippen LogP) is 1.65. The van der Waals surface area contributed by atoms with E-state index in [1.807, 2.05) is 32.3 Å². The van der Waals surface area contributed by atoms with E-state index in [0.717, 1.165) is 17.0 Å². The Balaban J connectivity index is 2.33. The van der Waals surface area contributed by atoms with Gasteiger partial charge < -0.3 is 20.2 Å². The number of aryl methyl sites for hydroxylation is 1. The van der Waals surface area contributed by atoms with Gasteiger partial charge in [0.2, 0.25) is 0 Å². The van der Waals surface area contributed by atoms with Crippen LogP contribution in [0.5, 0.6) is 5.75 Å². The molecular weight excluding hydrogens is 256 g/mol. The highest BCUT2D eigenvalue weighted by Crippen LogP contribution is 2.21. The van der Waals surface area contributed by atoms with Gasteiger partial charge in [-0.25, -0.2) is 4.98 Å². The maximum atomic E-state index is 8.75. The average Bonchev–Trinajstić information content (AvgIpc) is 2.78. The lowest BCUT2D eigenvalue weighted by atomic mass is 10.1. The summed E-state index contributed by atoms with van der Waals surface area (Å²) in [4.78, 5) is 4.27. The molecule has 1 aromatic heterocycles. The lowest BCUT2D eigenvalue weighted by molar-refractivity contribution is 0.318. The zero-order valence-corrected chi connectivity index (χ0v) is 11.8. The molecule has 0 aliphatic rings. The Morgan fingerprint density at radius 3 is 2.75 bits per heavy atom. The van der Waals surface area contributed by atoms with Gasteiger partial charge in [-0.1, -0.05) is 11.2 Å². The van der Waals surface area contributed by atoms with E-state index in [0.29, 0.717) is 17.9 Å². The summed E-state index contributed by atoms with van der Waals surface area (Å²) >= 11 is 0. The molecule has 0 saturated heterocycles. The van der Waals surface area contributed by atoms with E-state index in [1.165, 1.54) is 0 Å². The second-order valence-corrected chi connectivity index (χ2v) is 4.56. The average molecular weight is 274 g/mol. The maximum absolute atomic E-state index is 8.75. The summed E-state index contributed by atoms with van der Waals surface area (Å²) in [6.07, 6.45) is 1.81. The molecule has 0 saturated carbocycles. The third-order valence-corrected chi connectivity index (χ3v) is 3.35. The van der Waals surface area contributed by atoms with Crippen LogP contribution >= 0.6 is 0 Å². The molecule has 1 aromatic carbocycles. The van der Waals surface area contributed by atoms with E-state index in [9.17, 15) is 0 Å². The summed E-state index contributed by atoms with van der Waals surface area (Å²) < 4.78 is 7.35. The molecule has 106 valence electrons. The lowest BCUT2D eigenvalue weighted by Crippen LogP contribution is -2.14. The molecule has 0 bridgehead atoms. The standard InChI is InChI=1S/C14H18N4O2/c1-9-10(2)18(8-16-9)7-11-4-5-12(14(15)17-19)13(6-11)20-3/h4-6,8,19H,7H2,1-3H3,(H2,15,17). The number of nitrogens with zero attached hydrogens (tertiary/aromatic N) is 3. The van der Waals surface area contributed by atoms with Crippen molar-refractivity contribution >= 4 is 5.84 Å². The lowest BCUT2D eigenvalue weighted by Gasteiger charge is -2.11. The van der Waals surface area contributed by atoms with Crippen LogP contribution in [0.25, 0.3) is 0 Å². The highest BCUT2D eigenvalue weighted by Gasteiger charge is 2.10. The Morgan fingerprint density at radius 1 is 1.45 bits per heavy atom.